The molecule has 0 saturated heterocycles. The van der Waals surface area contributed by atoms with Crippen LogP contribution in [-0.4, -0.2) is 16.2 Å². The van der Waals surface area contributed by atoms with Crippen molar-refractivity contribution in [3.05, 3.63) is 179 Å². The molecule has 0 fully saturated rings. The van der Waals surface area contributed by atoms with E-state index in [1.807, 2.05) is 23.5 Å². The van der Waals surface area contributed by atoms with Crippen LogP contribution in [0.3, 0.4) is 0 Å². The number of allylic oxidation sites excluding steroid dienone is 1. The number of nitrogens with zero attached hydrogens (tertiary/aromatic N) is 3. The number of aliphatic imine (C=N–C) groups is 2. The van der Waals surface area contributed by atoms with Gasteiger partial charge in [-0.2, -0.15) is 0 Å². The third kappa shape index (κ3) is 4.52. The number of aromatic nitrogens is 1. The molecule has 0 saturated carbocycles. The molecule has 11 rings (SSSR count). The van der Waals surface area contributed by atoms with Gasteiger partial charge in [0, 0.05) is 53.3 Å². The zero-order chi connectivity index (χ0) is 34.2. The zero-order valence-electron chi connectivity index (χ0n) is 28.3. The standard InChI is InChI=1S/C47H32N4S/c1-3-14-30(15-4-1)45-48-46(31-16-5-2-6-17-31)50-47(49-45)39-28-42-43(36-21-10-9-19-34(36)39)38-26-24-32(27-41(38)52-42)51-40-22-12-11-20-35(40)37-25-23-29-13-7-8-18-33(29)44(37)51/h1-6,8-12,14-28,45H,7,13H2,(H,48,49,50). The second-order valence-electron chi connectivity index (χ2n) is 13.7. The van der Waals surface area contributed by atoms with Gasteiger partial charge in [-0.05, 0) is 59.0 Å². The Morgan fingerprint density at radius 3 is 2.27 bits per heavy atom. The molecule has 3 heterocycles. The second kappa shape index (κ2) is 11.6. The molecule has 1 unspecified atom stereocenters. The highest BCUT2D eigenvalue weighted by Gasteiger charge is 2.24. The van der Waals surface area contributed by atoms with Gasteiger partial charge in [0.1, 0.15) is 12.0 Å². The maximum Gasteiger partial charge on any atom is 0.160 e. The fourth-order valence-corrected chi connectivity index (χ4v) is 9.50. The second-order valence-corrected chi connectivity index (χ2v) is 14.8. The fraction of sp³-hybridized carbons (Fsp3) is 0.0638. The molecule has 52 heavy (non-hydrogen) atoms. The third-order valence-corrected chi connectivity index (χ3v) is 11.8. The molecule has 246 valence electrons. The van der Waals surface area contributed by atoms with Crippen LogP contribution in [0.4, 0.5) is 0 Å². The van der Waals surface area contributed by atoms with Gasteiger partial charge in [-0.25, -0.2) is 9.98 Å². The van der Waals surface area contributed by atoms with Crippen molar-refractivity contribution in [2.24, 2.45) is 9.98 Å². The highest BCUT2D eigenvalue weighted by atomic mass is 32.1. The predicted octanol–water partition coefficient (Wildman–Crippen LogP) is 11.8. The normalized spacial score (nSPS) is 15.7. The van der Waals surface area contributed by atoms with E-state index in [4.69, 9.17) is 9.98 Å². The van der Waals surface area contributed by atoms with E-state index >= 15 is 0 Å². The first-order valence-corrected chi connectivity index (χ1v) is 18.7. The lowest BCUT2D eigenvalue weighted by Crippen LogP contribution is -2.33. The molecule has 1 N–H and O–H groups in total. The number of nitrogens with one attached hydrogen (secondary N) is 1. The van der Waals surface area contributed by atoms with E-state index in [0.29, 0.717) is 0 Å². The van der Waals surface area contributed by atoms with E-state index in [-0.39, 0.29) is 6.17 Å². The Morgan fingerprint density at radius 2 is 1.40 bits per heavy atom. The Bertz CT molecular complexity index is 2980. The summed E-state index contributed by atoms with van der Waals surface area (Å²) in [6, 6.07) is 52.4. The van der Waals surface area contributed by atoms with Crippen molar-refractivity contribution in [1.82, 2.24) is 9.88 Å². The highest BCUT2D eigenvalue weighted by molar-refractivity contribution is 7.26. The van der Waals surface area contributed by atoms with Crippen LogP contribution >= 0.6 is 11.3 Å². The van der Waals surface area contributed by atoms with E-state index in [9.17, 15) is 0 Å². The molecule has 9 aromatic rings. The van der Waals surface area contributed by atoms with Crippen LogP contribution in [0.5, 0.6) is 0 Å². The van der Waals surface area contributed by atoms with Crippen molar-refractivity contribution in [3.63, 3.8) is 0 Å². The Kier molecular flexibility index (Phi) is 6.58. The average molecular weight is 685 g/mol. The van der Waals surface area contributed by atoms with E-state index in [0.717, 1.165) is 46.6 Å². The van der Waals surface area contributed by atoms with E-state index in [2.05, 4.69) is 155 Å². The Labute approximate surface area is 304 Å². The van der Waals surface area contributed by atoms with Gasteiger partial charge >= 0.3 is 0 Å². The van der Waals surface area contributed by atoms with Crippen molar-refractivity contribution in [1.29, 1.82) is 0 Å². The molecule has 0 spiro atoms. The first kappa shape index (κ1) is 29.4. The SMILES string of the molecule is C1=Cc2c(ccc3c4ccccc4n(-c4ccc5c(c4)sc4cc(C6=NC(c7ccccc7)NC(c7ccccc7)=N6)c6ccccc6c45)c23)CC1. The minimum absolute atomic E-state index is 0.255. The first-order valence-electron chi connectivity index (χ1n) is 17.9. The number of thiophene rings is 1. The van der Waals surface area contributed by atoms with Crippen LogP contribution in [0.25, 0.3) is 64.5 Å². The van der Waals surface area contributed by atoms with Gasteiger partial charge in [-0.1, -0.05) is 133 Å². The molecule has 0 bridgehead atoms. The molecule has 1 aliphatic carbocycles. The first-order chi connectivity index (χ1) is 25.8. The maximum absolute atomic E-state index is 5.26. The van der Waals surface area contributed by atoms with Crippen molar-refractivity contribution < 1.29 is 0 Å². The van der Waals surface area contributed by atoms with E-state index < -0.39 is 0 Å². The molecular weight excluding hydrogens is 653 g/mol. The molecular formula is C47H32N4S. The van der Waals surface area contributed by atoms with Crippen LogP contribution in [0.2, 0.25) is 0 Å². The lowest BCUT2D eigenvalue weighted by atomic mass is 9.95. The minimum atomic E-state index is -0.255. The van der Waals surface area contributed by atoms with Crippen LogP contribution in [0, 0.1) is 0 Å². The van der Waals surface area contributed by atoms with E-state index in [1.54, 1.807) is 0 Å². The molecule has 2 aromatic heterocycles. The number of aryl methyl sites for hydroxylation is 1. The summed E-state index contributed by atoms with van der Waals surface area (Å²) in [5.41, 5.74) is 9.68. The Morgan fingerprint density at radius 1 is 0.654 bits per heavy atom. The van der Waals surface area contributed by atoms with E-state index in [1.165, 1.54) is 64.2 Å². The number of rotatable bonds is 4. The number of hydrogen-bond acceptors (Lipinski definition) is 4. The predicted molar refractivity (Wildman–Crippen MR) is 220 cm³/mol. The quantitative estimate of drug-likeness (QED) is 0.197. The molecule has 4 nitrogen and oxygen atoms in total. The minimum Gasteiger partial charge on any atom is -0.344 e. The van der Waals surface area contributed by atoms with Gasteiger partial charge in [0.05, 0.1) is 11.0 Å². The molecule has 5 heteroatoms. The zero-order valence-corrected chi connectivity index (χ0v) is 29.1. The van der Waals surface area contributed by atoms with Crippen molar-refractivity contribution in [2.45, 2.75) is 19.0 Å². The van der Waals surface area contributed by atoms with Gasteiger partial charge in [-0.3, -0.25) is 0 Å². The monoisotopic (exact) mass is 684 g/mol. The molecule has 0 radical (unpaired) electrons. The summed E-state index contributed by atoms with van der Waals surface area (Å²) in [4.78, 5) is 10.5. The number of fused-ring (bicyclic) bond motifs is 10. The summed E-state index contributed by atoms with van der Waals surface area (Å²) in [6.07, 6.45) is 6.58. The van der Waals surface area contributed by atoms with Crippen molar-refractivity contribution >= 4 is 81.8 Å². The topological polar surface area (TPSA) is 41.7 Å². The van der Waals surface area contributed by atoms with Crippen LogP contribution in [-0.2, 0) is 6.42 Å². The summed E-state index contributed by atoms with van der Waals surface area (Å²) in [7, 11) is 0. The summed E-state index contributed by atoms with van der Waals surface area (Å²) in [5, 5.41) is 11.1. The number of hydrogen-bond donors (Lipinski definition) is 1. The fourth-order valence-electron chi connectivity index (χ4n) is 8.31. The Balaban J connectivity index is 1.13. The molecule has 2 aliphatic rings. The highest BCUT2D eigenvalue weighted by Crippen LogP contribution is 2.43. The van der Waals surface area contributed by atoms with Gasteiger partial charge in [0.2, 0.25) is 0 Å². The largest absolute Gasteiger partial charge is 0.344 e. The molecule has 7 aromatic carbocycles. The number of benzene rings is 7. The molecule has 1 atom stereocenters. The van der Waals surface area contributed by atoms with Gasteiger partial charge < -0.3 is 9.88 Å². The lowest BCUT2D eigenvalue weighted by molar-refractivity contribution is 0.674. The van der Waals surface area contributed by atoms with Crippen molar-refractivity contribution in [3.8, 4) is 5.69 Å². The smallest absolute Gasteiger partial charge is 0.160 e. The summed E-state index contributed by atoms with van der Waals surface area (Å²) >= 11 is 1.85. The lowest BCUT2D eigenvalue weighted by Gasteiger charge is -2.24. The summed E-state index contributed by atoms with van der Waals surface area (Å²) in [5.74, 6) is 1.57. The van der Waals surface area contributed by atoms with Gasteiger partial charge in [0.25, 0.3) is 0 Å². The van der Waals surface area contributed by atoms with Crippen LogP contribution in [0.1, 0.15) is 40.4 Å². The number of amidine groups is 2. The van der Waals surface area contributed by atoms with Crippen LogP contribution in [0.15, 0.2) is 162 Å². The van der Waals surface area contributed by atoms with Gasteiger partial charge in [-0.15, -0.1) is 11.3 Å². The van der Waals surface area contributed by atoms with Crippen LogP contribution < -0.4 is 5.32 Å². The molecule has 1 aliphatic heterocycles. The molecule has 0 amide bonds. The average Bonchev–Trinajstić information content (AvgIpc) is 3.77. The summed E-state index contributed by atoms with van der Waals surface area (Å²) < 4.78 is 4.99. The van der Waals surface area contributed by atoms with Gasteiger partial charge in [0.15, 0.2) is 5.84 Å². The van der Waals surface area contributed by atoms with Crippen molar-refractivity contribution in [2.75, 3.05) is 0 Å². The maximum atomic E-state index is 5.26. The third-order valence-electron chi connectivity index (χ3n) is 10.7. The number of para-hydroxylation sites is 1. The summed E-state index contributed by atoms with van der Waals surface area (Å²) in [6.45, 7) is 0. The Hall–Kier alpha value is -6.30.